The van der Waals surface area contributed by atoms with E-state index in [1.807, 2.05) is 6.92 Å². The maximum Gasteiger partial charge on any atom is 0.243 e. The second kappa shape index (κ2) is 6.56. The van der Waals surface area contributed by atoms with E-state index < -0.39 is 10.0 Å². The lowest BCUT2D eigenvalue weighted by atomic mass is 10.1. The summed E-state index contributed by atoms with van der Waals surface area (Å²) in [6.07, 6.45) is 1.91. The van der Waals surface area contributed by atoms with Gasteiger partial charge in [0.25, 0.3) is 0 Å². The summed E-state index contributed by atoms with van der Waals surface area (Å²) in [5, 5.41) is 3.24. The van der Waals surface area contributed by atoms with Crippen LogP contribution >= 0.6 is 0 Å². The normalized spacial score (nSPS) is 20.1. The quantitative estimate of drug-likeness (QED) is 0.894. The van der Waals surface area contributed by atoms with Gasteiger partial charge in [-0.25, -0.2) is 8.42 Å². The van der Waals surface area contributed by atoms with Crippen molar-refractivity contribution in [3.8, 4) is 5.75 Å². The van der Waals surface area contributed by atoms with Gasteiger partial charge in [-0.3, -0.25) is 0 Å². The Labute approximate surface area is 121 Å². The smallest absolute Gasteiger partial charge is 0.243 e. The van der Waals surface area contributed by atoms with Crippen molar-refractivity contribution in [3.63, 3.8) is 0 Å². The lowest BCUT2D eigenvalue weighted by molar-refractivity contribution is 0.300. The van der Waals surface area contributed by atoms with Crippen LogP contribution in [0.5, 0.6) is 5.75 Å². The first-order chi connectivity index (χ1) is 9.55. The van der Waals surface area contributed by atoms with Crippen molar-refractivity contribution in [2.24, 2.45) is 0 Å². The zero-order valence-electron chi connectivity index (χ0n) is 12.0. The van der Waals surface area contributed by atoms with Crippen LogP contribution in [0.15, 0.2) is 29.2 Å². The molecular weight excluding hydrogens is 276 g/mol. The van der Waals surface area contributed by atoms with Crippen molar-refractivity contribution in [2.45, 2.75) is 30.7 Å². The molecule has 0 amide bonds. The second-order valence-corrected chi connectivity index (χ2v) is 6.92. The minimum Gasteiger partial charge on any atom is -0.494 e. The van der Waals surface area contributed by atoms with Crippen LogP contribution in [0.3, 0.4) is 0 Å². The number of hydrogen-bond donors (Lipinski definition) is 1. The fourth-order valence-corrected chi connectivity index (χ4v) is 3.77. The fourth-order valence-electron chi connectivity index (χ4n) is 2.38. The summed E-state index contributed by atoms with van der Waals surface area (Å²) in [6, 6.07) is 6.63. The van der Waals surface area contributed by atoms with Gasteiger partial charge in [-0.1, -0.05) is 0 Å². The minimum atomic E-state index is -3.43. The molecule has 1 aliphatic rings. The van der Waals surface area contributed by atoms with Gasteiger partial charge in [0.2, 0.25) is 10.0 Å². The highest BCUT2D eigenvalue weighted by atomic mass is 32.2. The fraction of sp³-hybridized carbons (Fsp3) is 0.571. The molecule has 0 saturated carbocycles. The third-order valence-electron chi connectivity index (χ3n) is 3.60. The van der Waals surface area contributed by atoms with Crippen molar-refractivity contribution in [1.82, 2.24) is 9.62 Å². The molecule has 1 aliphatic heterocycles. The van der Waals surface area contributed by atoms with Crippen LogP contribution in [0.4, 0.5) is 0 Å². The van der Waals surface area contributed by atoms with E-state index in [1.165, 1.54) is 4.31 Å². The summed E-state index contributed by atoms with van der Waals surface area (Å²) in [7, 11) is -1.78. The van der Waals surface area contributed by atoms with Crippen molar-refractivity contribution >= 4 is 10.0 Å². The van der Waals surface area contributed by atoms with Crippen LogP contribution in [-0.4, -0.2) is 45.5 Å². The first-order valence-electron chi connectivity index (χ1n) is 6.97. The van der Waals surface area contributed by atoms with E-state index in [9.17, 15) is 8.42 Å². The highest BCUT2D eigenvalue weighted by Gasteiger charge is 2.28. The molecule has 1 N–H and O–H groups in total. The SMILES string of the molecule is CCOc1ccc(S(=O)(=O)N(C)C2CCCNC2)cc1. The first-order valence-corrected chi connectivity index (χ1v) is 8.41. The molecule has 5 nitrogen and oxygen atoms in total. The maximum atomic E-state index is 12.6. The molecule has 0 radical (unpaired) electrons. The van der Waals surface area contributed by atoms with E-state index in [-0.39, 0.29) is 6.04 Å². The molecule has 1 atom stereocenters. The molecule has 1 fully saturated rings. The Hall–Kier alpha value is -1.11. The number of piperidine rings is 1. The van der Waals surface area contributed by atoms with Crippen LogP contribution in [0.2, 0.25) is 0 Å². The molecule has 112 valence electrons. The number of sulfonamides is 1. The molecule has 0 spiro atoms. The summed E-state index contributed by atoms with van der Waals surface area (Å²) >= 11 is 0. The number of nitrogens with one attached hydrogen (secondary N) is 1. The van der Waals surface area contributed by atoms with Crippen molar-refractivity contribution in [1.29, 1.82) is 0 Å². The van der Waals surface area contributed by atoms with Gasteiger partial charge in [0.15, 0.2) is 0 Å². The molecule has 0 bridgehead atoms. The van der Waals surface area contributed by atoms with Crippen LogP contribution < -0.4 is 10.1 Å². The molecular formula is C14H22N2O3S. The van der Waals surface area contributed by atoms with E-state index in [1.54, 1.807) is 31.3 Å². The molecule has 20 heavy (non-hydrogen) atoms. The van der Waals surface area contributed by atoms with Crippen LogP contribution in [-0.2, 0) is 10.0 Å². The molecule has 1 heterocycles. The molecule has 2 rings (SSSR count). The Balaban J connectivity index is 2.15. The molecule has 1 unspecified atom stereocenters. The van der Waals surface area contributed by atoms with Crippen LogP contribution in [0, 0.1) is 0 Å². The van der Waals surface area contributed by atoms with Crippen molar-refractivity contribution < 1.29 is 13.2 Å². The van der Waals surface area contributed by atoms with Gasteiger partial charge in [-0.15, -0.1) is 0 Å². The van der Waals surface area contributed by atoms with Crippen molar-refractivity contribution in [3.05, 3.63) is 24.3 Å². The first kappa shape index (κ1) is 15.3. The lowest BCUT2D eigenvalue weighted by Crippen LogP contribution is -2.46. The number of ether oxygens (including phenoxy) is 1. The Bertz CT molecular complexity index is 522. The minimum absolute atomic E-state index is 0.0281. The highest BCUT2D eigenvalue weighted by molar-refractivity contribution is 7.89. The zero-order chi connectivity index (χ0) is 14.6. The third-order valence-corrected chi connectivity index (χ3v) is 5.52. The Morgan fingerprint density at radius 2 is 2.05 bits per heavy atom. The highest BCUT2D eigenvalue weighted by Crippen LogP contribution is 2.22. The van der Waals surface area contributed by atoms with Gasteiger partial charge in [0.1, 0.15) is 5.75 Å². The summed E-state index contributed by atoms with van der Waals surface area (Å²) in [6.45, 7) is 4.15. The van der Waals surface area contributed by atoms with Gasteiger partial charge < -0.3 is 10.1 Å². The van der Waals surface area contributed by atoms with Crippen LogP contribution in [0.1, 0.15) is 19.8 Å². The van der Waals surface area contributed by atoms with Gasteiger partial charge in [-0.2, -0.15) is 4.31 Å². The third kappa shape index (κ3) is 3.31. The summed E-state index contributed by atoms with van der Waals surface area (Å²) in [4.78, 5) is 0.314. The number of rotatable bonds is 5. The van der Waals surface area contributed by atoms with Gasteiger partial charge in [0.05, 0.1) is 11.5 Å². The standard InChI is InChI=1S/C14H22N2O3S/c1-3-19-13-6-8-14(9-7-13)20(17,18)16(2)12-5-4-10-15-11-12/h6-9,12,15H,3-5,10-11H2,1-2H3. The predicted molar refractivity (Wildman–Crippen MR) is 78.5 cm³/mol. The average molecular weight is 298 g/mol. The number of hydrogen-bond acceptors (Lipinski definition) is 4. The molecule has 0 aliphatic carbocycles. The van der Waals surface area contributed by atoms with E-state index in [0.29, 0.717) is 23.8 Å². The number of benzene rings is 1. The average Bonchev–Trinajstić information content (AvgIpc) is 2.48. The van der Waals surface area contributed by atoms with Gasteiger partial charge in [0, 0.05) is 19.6 Å². The largest absolute Gasteiger partial charge is 0.494 e. The van der Waals surface area contributed by atoms with Gasteiger partial charge >= 0.3 is 0 Å². The number of nitrogens with zero attached hydrogens (tertiary/aromatic N) is 1. The number of likely N-dealkylation sites (N-methyl/N-ethyl adjacent to an activating group) is 1. The van der Waals surface area contributed by atoms with Gasteiger partial charge in [-0.05, 0) is 50.6 Å². The lowest BCUT2D eigenvalue weighted by Gasteiger charge is -2.30. The molecule has 1 saturated heterocycles. The topological polar surface area (TPSA) is 58.6 Å². The maximum absolute atomic E-state index is 12.6. The van der Waals surface area contributed by atoms with Crippen molar-refractivity contribution in [2.75, 3.05) is 26.7 Å². The van der Waals surface area contributed by atoms with E-state index in [0.717, 1.165) is 19.4 Å². The predicted octanol–water partition coefficient (Wildman–Crippen LogP) is 1.46. The Morgan fingerprint density at radius 3 is 2.60 bits per heavy atom. The van der Waals surface area contributed by atoms with E-state index >= 15 is 0 Å². The second-order valence-electron chi connectivity index (χ2n) is 4.93. The molecule has 1 aromatic carbocycles. The monoisotopic (exact) mass is 298 g/mol. The molecule has 6 heteroatoms. The molecule has 0 aromatic heterocycles. The summed E-state index contributed by atoms with van der Waals surface area (Å²) < 4.78 is 31.9. The zero-order valence-corrected chi connectivity index (χ0v) is 12.8. The summed E-state index contributed by atoms with van der Waals surface area (Å²) in [5.74, 6) is 0.688. The van der Waals surface area contributed by atoms with E-state index in [2.05, 4.69) is 5.32 Å². The van der Waals surface area contributed by atoms with E-state index in [4.69, 9.17) is 4.74 Å². The Kier molecular flexibility index (Phi) is 5.01. The summed E-state index contributed by atoms with van der Waals surface area (Å²) in [5.41, 5.74) is 0. The van der Waals surface area contributed by atoms with Crippen LogP contribution in [0.25, 0.3) is 0 Å². The molecule has 1 aromatic rings. The Morgan fingerprint density at radius 1 is 1.35 bits per heavy atom.